The first-order valence-electron chi connectivity index (χ1n) is 7.68. The smallest absolute Gasteiger partial charge is 0.0366 e. The highest BCUT2D eigenvalue weighted by Crippen LogP contribution is 2.27. The Morgan fingerprint density at radius 2 is 1.74 bits per heavy atom. The van der Waals surface area contributed by atoms with Crippen molar-refractivity contribution in [2.75, 3.05) is 18.0 Å². The second-order valence-electron chi connectivity index (χ2n) is 6.30. The van der Waals surface area contributed by atoms with Crippen molar-refractivity contribution in [3.05, 3.63) is 29.8 Å². The van der Waals surface area contributed by atoms with Crippen molar-refractivity contribution in [3.8, 4) is 0 Å². The van der Waals surface area contributed by atoms with Crippen LogP contribution >= 0.6 is 0 Å². The fourth-order valence-corrected chi connectivity index (χ4v) is 3.04. The first-order valence-corrected chi connectivity index (χ1v) is 7.68. The summed E-state index contributed by atoms with van der Waals surface area (Å²) in [4.78, 5) is 2.54. The zero-order chi connectivity index (χ0) is 13.8. The van der Waals surface area contributed by atoms with Gasteiger partial charge in [-0.05, 0) is 55.7 Å². The molecule has 0 bridgehead atoms. The van der Waals surface area contributed by atoms with Gasteiger partial charge in [0.2, 0.25) is 0 Å². The van der Waals surface area contributed by atoms with Crippen LogP contribution in [0.4, 0.5) is 5.69 Å². The van der Waals surface area contributed by atoms with Crippen LogP contribution in [0.5, 0.6) is 0 Å². The van der Waals surface area contributed by atoms with Crippen molar-refractivity contribution in [2.24, 2.45) is 17.6 Å². The Morgan fingerprint density at radius 3 is 2.32 bits per heavy atom. The molecule has 2 nitrogen and oxygen atoms in total. The van der Waals surface area contributed by atoms with Gasteiger partial charge in [0.05, 0.1) is 0 Å². The van der Waals surface area contributed by atoms with E-state index in [1.54, 1.807) is 0 Å². The van der Waals surface area contributed by atoms with Gasteiger partial charge in [0.15, 0.2) is 0 Å². The summed E-state index contributed by atoms with van der Waals surface area (Å²) in [5.74, 6) is 1.72. The molecule has 19 heavy (non-hydrogen) atoms. The number of nitrogens with zero attached hydrogens (tertiary/aromatic N) is 1. The van der Waals surface area contributed by atoms with Gasteiger partial charge in [-0.15, -0.1) is 0 Å². The Balaban J connectivity index is 2.01. The second-order valence-corrected chi connectivity index (χ2v) is 6.30. The van der Waals surface area contributed by atoms with E-state index in [2.05, 4.69) is 43.0 Å². The van der Waals surface area contributed by atoms with E-state index < -0.39 is 0 Å². The molecule has 1 unspecified atom stereocenters. The lowest BCUT2D eigenvalue weighted by Gasteiger charge is -2.24. The fraction of sp³-hybridized carbons (Fsp3) is 0.647. The van der Waals surface area contributed by atoms with Gasteiger partial charge < -0.3 is 10.6 Å². The number of benzene rings is 1. The quantitative estimate of drug-likeness (QED) is 0.891. The highest BCUT2D eigenvalue weighted by Gasteiger charge is 2.19. The summed E-state index contributed by atoms with van der Waals surface area (Å²) in [5, 5.41) is 0. The maximum absolute atomic E-state index is 5.91. The van der Waals surface area contributed by atoms with E-state index in [1.807, 2.05) is 6.92 Å². The number of rotatable bonds is 3. The minimum atomic E-state index is 0.128. The highest BCUT2D eigenvalue weighted by atomic mass is 15.1. The summed E-state index contributed by atoms with van der Waals surface area (Å²) in [6, 6.07) is 8.93. The number of hydrogen-bond donors (Lipinski definition) is 1. The van der Waals surface area contributed by atoms with Crippen molar-refractivity contribution >= 4 is 5.69 Å². The molecule has 2 atom stereocenters. The molecular weight excluding hydrogens is 232 g/mol. The lowest BCUT2D eigenvalue weighted by atomic mass is 9.89. The minimum Gasteiger partial charge on any atom is -0.372 e. The molecule has 0 radical (unpaired) electrons. The van der Waals surface area contributed by atoms with E-state index in [1.165, 1.54) is 43.6 Å². The van der Waals surface area contributed by atoms with Gasteiger partial charge in [0.25, 0.3) is 0 Å². The lowest BCUT2D eigenvalue weighted by Crippen LogP contribution is -2.24. The Labute approximate surface area is 118 Å². The highest BCUT2D eigenvalue weighted by molar-refractivity contribution is 5.48. The molecule has 0 aromatic heterocycles. The van der Waals surface area contributed by atoms with Crippen LogP contribution in [-0.2, 0) is 0 Å². The van der Waals surface area contributed by atoms with E-state index in [4.69, 9.17) is 5.73 Å². The third-order valence-electron chi connectivity index (χ3n) is 4.50. The van der Waals surface area contributed by atoms with Crippen molar-refractivity contribution in [2.45, 2.75) is 46.1 Å². The Kier molecular flexibility index (Phi) is 4.87. The Bertz CT molecular complexity index is 381. The van der Waals surface area contributed by atoms with Crippen LogP contribution in [0.25, 0.3) is 0 Å². The maximum Gasteiger partial charge on any atom is 0.0366 e. The van der Waals surface area contributed by atoms with Gasteiger partial charge in [0.1, 0.15) is 0 Å². The average molecular weight is 260 g/mol. The topological polar surface area (TPSA) is 29.3 Å². The standard InChI is InChI=1S/C17H28N2/c1-13(2)15-5-4-11-19(12-10-15)17-8-6-16(7-9-17)14(3)18/h6-9,13-15H,4-5,10-12,18H2,1-3H3/t14-,15?/m1/s1. The molecule has 2 N–H and O–H groups in total. The van der Waals surface area contributed by atoms with E-state index in [9.17, 15) is 0 Å². The van der Waals surface area contributed by atoms with Crippen LogP contribution in [0.1, 0.15) is 51.6 Å². The zero-order valence-corrected chi connectivity index (χ0v) is 12.6. The molecule has 0 amide bonds. The Hall–Kier alpha value is -1.02. The summed E-state index contributed by atoms with van der Waals surface area (Å²) in [6.07, 6.45) is 4.02. The summed E-state index contributed by atoms with van der Waals surface area (Å²) in [7, 11) is 0. The maximum atomic E-state index is 5.91. The zero-order valence-electron chi connectivity index (χ0n) is 12.6. The molecule has 1 aliphatic rings. The largest absolute Gasteiger partial charge is 0.372 e. The second kappa shape index (κ2) is 6.42. The normalized spacial score (nSPS) is 22.4. The van der Waals surface area contributed by atoms with Crippen molar-refractivity contribution in [1.82, 2.24) is 0 Å². The van der Waals surface area contributed by atoms with Crippen LogP contribution in [0.2, 0.25) is 0 Å². The van der Waals surface area contributed by atoms with Gasteiger partial charge in [-0.2, -0.15) is 0 Å². The van der Waals surface area contributed by atoms with E-state index in [-0.39, 0.29) is 6.04 Å². The van der Waals surface area contributed by atoms with Crippen LogP contribution in [-0.4, -0.2) is 13.1 Å². The third-order valence-corrected chi connectivity index (χ3v) is 4.50. The molecule has 2 heteroatoms. The number of nitrogens with two attached hydrogens (primary N) is 1. The van der Waals surface area contributed by atoms with Gasteiger partial charge in [0, 0.05) is 24.8 Å². The van der Waals surface area contributed by atoms with Crippen molar-refractivity contribution in [3.63, 3.8) is 0 Å². The van der Waals surface area contributed by atoms with E-state index in [0.717, 1.165) is 11.8 Å². The monoisotopic (exact) mass is 260 g/mol. The first-order chi connectivity index (χ1) is 9.08. The number of hydrogen-bond acceptors (Lipinski definition) is 2. The molecule has 1 fully saturated rings. The van der Waals surface area contributed by atoms with Crippen LogP contribution in [0, 0.1) is 11.8 Å². The predicted octanol–water partition coefficient (Wildman–Crippen LogP) is 3.97. The van der Waals surface area contributed by atoms with Gasteiger partial charge in [-0.25, -0.2) is 0 Å². The summed E-state index contributed by atoms with van der Waals surface area (Å²) < 4.78 is 0. The van der Waals surface area contributed by atoms with Crippen LogP contribution < -0.4 is 10.6 Å². The lowest BCUT2D eigenvalue weighted by molar-refractivity contribution is 0.351. The molecule has 106 valence electrons. The number of anilines is 1. The predicted molar refractivity (Wildman–Crippen MR) is 83.4 cm³/mol. The molecular formula is C17H28N2. The van der Waals surface area contributed by atoms with Gasteiger partial charge in [-0.1, -0.05) is 26.0 Å². The summed E-state index contributed by atoms with van der Waals surface area (Å²) in [5.41, 5.74) is 8.48. The molecule has 1 aromatic carbocycles. The van der Waals surface area contributed by atoms with Gasteiger partial charge in [-0.3, -0.25) is 0 Å². The molecule has 0 saturated carbocycles. The van der Waals surface area contributed by atoms with E-state index in [0.29, 0.717) is 0 Å². The molecule has 0 spiro atoms. The average Bonchev–Trinajstić information content (AvgIpc) is 2.64. The molecule has 1 heterocycles. The van der Waals surface area contributed by atoms with Gasteiger partial charge >= 0.3 is 0 Å². The van der Waals surface area contributed by atoms with E-state index >= 15 is 0 Å². The summed E-state index contributed by atoms with van der Waals surface area (Å²) >= 11 is 0. The molecule has 2 rings (SSSR count). The molecule has 0 aliphatic carbocycles. The molecule has 1 saturated heterocycles. The first kappa shape index (κ1) is 14.4. The summed E-state index contributed by atoms with van der Waals surface area (Å²) in [6.45, 7) is 9.14. The molecule has 1 aromatic rings. The van der Waals surface area contributed by atoms with Crippen LogP contribution in [0.3, 0.4) is 0 Å². The van der Waals surface area contributed by atoms with Crippen LogP contribution in [0.15, 0.2) is 24.3 Å². The van der Waals surface area contributed by atoms with Crippen molar-refractivity contribution < 1.29 is 0 Å². The minimum absolute atomic E-state index is 0.128. The third kappa shape index (κ3) is 3.73. The Morgan fingerprint density at radius 1 is 1.05 bits per heavy atom. The SMILES string of the molecule is CC(C)C1CCCN(c2ccc([C@@H](C)N)cc2)CC1. The fourth-order valence-electron chi connectivity index (χ4n) is 3.04. The molecule has 1 aliphatic heterocycles. The van der Waals surface area contributed by atoms with Crippen molar-refractivity contribution in [1.29, 1.82) is 0 Å².